The Labute approximate surface area is 114 Å². The molecule has 1 aromatic heterocycles. The van der Waals surface area contributed by atoms with Gasteiger partial charge in [-0.2, -0.15) is 5.10 Å². The molecule has 0 fully saturated rings. The predicted octanol–water partition coefficient (Wildman–Crippen LogP) is 2.51. The van der Waals surface area contributed by atoms with Gasteiger partial charge in [0.15, 0.2) is 0 Å². The maximum absolute atomic E-state index is 5.71. The molecule has 4 nitrogen and oxygen atoms in total. The molecule has 0 bridgehead atoms. The third-order valence-electron chi connectivity index (χ3n) is 3.25. The van der Waals surface area contributed by atoms with Gasteiger partial charge in [-0.05, 0) is 31.2 Å². The third kappa shape index (κ3) is 3.83. The lowest BCUT2D eigenvalue weighted by Gasteiger charge is -2.19. The van der Waals surface area contributed by atoms with Crippen LogP contribution in [0, 0.1) is 0 Å². The summed E-state index contributed by atoms with van der Waals surface area (Å²) in [6.45, 7) is 8.09. The molecule has 1 aromatic carbocycles. The standard InChI is InChI=1S/C15H22N4/c1-3-18(10-13-5-7-15(16)8-6-13)11-14-9-17-19(4-2)12-14/h5-9,12H,3-4,10-11,16H2,1-2H3. The van der Waals surface area contributed by atoms with E-state index in [1.807, 2.05) is 23.0 Å². The summed E-state index contributed by atoms with van der Waals surface area (Å²) in [7, 11) is 0. The fraction of sp³-hybridized carbons (Fsp3) is 0.400. The lowest BCUT2D eigenvalue weighted by molar-refractivity contribution is 0.271. The Hall–Kier alpha value is -1.81. The summed E-state index contributed by atoms with van der Waals surface area (Å²) in [6.07, 6.45) is 4.07. The van der Waals surface area contributed by atoms with Crippen LogP contribution in [0.4, 0.5) is 5.69 Å². The highest BCUT2D eigenvalue weighted by Crippen LogP contribution is 2.11. The minimum absolute atomic E-state index is 0.816. The molecule has 19 heavy (non-hydrogen) atoms. The molecule has 0 atom stereocenters. The molecule has 0 aliphatic heterocycles. The number of nitrogen functional groups attached to an aromatic ring is 1. The average molecular weight is 258 g/mol. The fourth-order valence-electron chi connectivity index (χ4n) is 2.08. The maximum atomic E-state index is 5.71. The molecule has 2 N–H and O–H groups in total. The van der Waals surface area contributed by atoms with E-state index in [1.54, 1.807) is 0 Å². The number of hydrogen-bond donors (Lipinski definition) is 1. The molecular formula is C15H22N4. The molecule has 0 saturated carbocycles. The van der Waals surface area contributed by atoms with Gasteiger partial charge in [-0.25, -0.2) is 0 Å². The normalized spacial score (nSPS) is 11.1. The minimum atomic E-state index is 0.816. The lowest BCUT2D eigenvalue weighted by Crippen LogP contribution is -2.22. The number of anilines is 1. The third-order valence-corrected chi connectivity index (χ3v) is 3.25. The van der Waals surface area contributed by atoms with Crippen molar-refractivity contribution >= 4 is 5.69 Å². The van der Waals surface area contributed by atoms with Gasteiger partial charge in [0.1, 0.15) is 0 Å². The highest BCUT2D eigenvalue weighted by Gasteiger charge is 2.06. The number of hydrogen-bond acceptors (Lipinski definition) is 3. The van der Waals surface area contributed by atoms with Gasteiger partial charge in [-0.15, -0.1) is 0 Å². The molecule has 4 heteroatoms. The van der Waals surface area contributed by atoms with E-state index < -0.39 is 0 Å². The first-order chi connectivity index (χ1) is 9.21. The second-order valence-corrected chi connectivity index (χ2v) is 4.75. The van der Waals surface area contributed by atoms with Crippen LogP contribution in [-0.2, 0) is 19.6 Å². The molecule has 0 unspecified atom stereocenters. The molecule has 2 rings (SSSR count). The summed E-state index contributed by atoms with van der Waals surface area (Å²) in [6, 6.07) is 8.09. The largest absolute Gasteiger partial charge is 0.399 e. The predicted molar refractivity (Wildman–Crippen MR) is 78.5 cm³/mol. The number of nitrogens with two attached hydrogens (primary N) is 1. The van der Waals surface area contributed by atoms with Crippen molar-refractivity contribution in [2.45, 2.75) is 33.5 Å². The molecular weight excluding hydrogens is 236 g/mol. The molecule has 0 aliphatic carbocycles. The number of rotatable bonds is 6. The molecule has 2 aromatic rings. The second kappa shape index (κ2) is 6.38. The number of aryl methyl sites for hydroxylation is 1. The van der Waals surface area contributed by atoms with E-state index in [-0.39, 0.29) is 0 Å². The smallest absolute Gasteiger partial charge is 0.0534 e. The van der Waals surface area contributed by atoms with Crippen LogP contribution in [-0.4, -0.2) is 21.2 Å². The fourth-order valence-corrected chi connectivity index (χ4v) is 2.08. The number of nitrogens with zero attached hydrogens (tertiary/aromatic N) is 3. The first-order valence-corrected chi connectivity index (χ1v) is 6.79. The Kier molecular flexibility index (Phi) is 4.58. The van der Waals surface area contributed by atoms with Gasteiger partial charge in [0.05, 0.1) is 6.20 Å². The summed E-state index contributed by atoms with van der Waals surface area (Å²) in [5, 5.41) is 4.31. The number of aromatic nitrogens is 2. The number of benzene rings is 1. The van der Waals surface area contributed by atoms with Gasteiger partial charge >= 0.3 is 0 Å². The van der Waals surface area contributed by atoms with Crippen molar-refractivity contribution in [3.05, 3.63) is 47.8 Å². The van der Waals surface area contributed by atoms with Crippen LogP contribution in [0.15, 0.2) is 36.7 Å². The molecule has 0 spiro atoms. The topological polar surface area (TPSA) is 47.1 Å². The SMILES string of the molecule is CCN(Cc1ccc(N)cc1)Cc1cnn(CC)c1. The highest BCUT2D eigenvalue weighted by atomic mass is 15.3. The van der Waals surface area contributed by atoms with Crippen LogP contribution in [0.25, 0.3) is 0 Å². The monoisotopic (exact) mass is 258 g/mol. The first kappa shape index (κ1) is 13.6. The quantitative estimate of drug-likeness (QED) is 0.810. The summed E-state index contributed by atoms with van der Waals surface area (Å²) in [5.74, 6) is 0. The Balaban J connectivity index is 1.98. The van der Waals surface area contributed by atoms with Crippen LogP contribution in [0.5, 0.6) is 0 Å². The van der Waals surface area contributed by atoms with E-state index in [9.17, 15) is 0 Å². The van der Waals surface area contributed by atoms with Gasteiger partial charge in [-0.3, -0.25) is 9.58 Å². The van der Waals surface area contributed by atoms with Crippen molar-refractivity contribution in [3.8, 4) is 0 Å². The Morgan fingerprint density at radius 1 is 1.11 bits per heavy atom. The molecule has 102 valence electrons. The van der Waals surface area contributed by atoms with Crippen molar-refractivity contribution in [3.63, 3.8) is 0 Å². The van der Waals surface area contributed by atoms with Crippen molar-refractivity contribution in [1.29, 1.82) is 0 Å². The zero-order valence-corrected chi connectivity index (χ0v) is 11.7. The van der Waals surface area contributed by atoms with E-state index in [4.69, 9.17) is 5.73 Å². The zero-order chi connectivity index (χ0) is 13.7. The van der Waals surface area contributed by atoms with Gasteiger partial charge in [0.25, 0.3) is 0 Å². The average Bonchev–Trinajstić information content (AvgIpc) is 2.88. The van der Waals surface area contributed by atoms with E-state index in [1.165, 1.54) is 11.1 Å². The Morgan fingerprint density at radius 2 is 1.79 bits per heavy atom. The van der Waals surface area contributed by atoms with Gasteiger partial charge in [-0.1, -0.05) is 19.1 Å². The Morgan fingerprint density at radius 3 is 2.37 bits per heavy atom. The Bertz CT molecular complexity index is 501. The lowest BCUT2D eigenvalue weighted by atomic mass is 10.2. The summed E-state index contributed by atoms with van der Waals surface area (Å²) in [5.41, 5.74) is 9.08. The van der Waals surface area contributed by atoms with Crippen LogP contribution in [0.2, 0.25) is 0 Å². The maximum Gasteiger partial charge on any atom is 0.0534 e. The molecule has 0 aliphatic rings. The molecule has 0 radical (unpaired) electrons. The second-order valence-electron chi connectivity index (χ2n) is 4.75. The van der Waals surface area contributed by atoms with Crippen LogP contribution >= 0.6 is 0 Å². The van der Waals surface area contributed by atoms with Gasteiger partial charge in [0.2, 0.25) is 0 Å². The van der Waals surface area contributed by atoms with Gasteiger partial charge < -0.3 is 5.73 Å². The van der Waals surface area contributed by atoms with Crippen LogP contribution < -0.4 is 5.73 Å². The van der Waals surface area contributed by atoms with Crippen molar-refractivity contribution in [2.24, 2.45) is 0 Å². The first-order valence-electron chi connectivity index (χ1n) is 6.79. The minimum Gasteiger partial charge on any atom is -0.399 e. The highest BCUT2D eigenvalue weighted by molar-refractivity contribution is 5.39. The van der Waals surface area contributed by atoms with Crippen molar-refractivity contribution < 1.29 is 0 Å². The van der Waals surface area contributed by atoms with E-state index in [0.29, 0.717) is 0 Å². The van der Waals surface area contributed by atoms with Gasteiger partial charge in [0, 0.05) is 37.1 Å². The van der Waals surface area contributed by atoms with E-state index in [0.717, 1.165) is 31.9 Å². The van der Waals surface area contributed by atoms with E-state index in [2.05, 4.69) is 42.2 Å². The zero-order valence-electron chi connectivity index (χ0n) is 11.7. The summed E-state index contributed by atoms with van der Waals surface area (Å²) >= 11 is 0. The molecule has 1 heterocycles. The van der Waals surface area contributed by atoms with Crippen molar-refractivity contribution in [2.75, 3.05) is 12.3 Å². The van der Waals surface area contributed by atoms with E-state index >= 15 is 0 Å². The van der Waals surface area contributed by atoms with Crippen molar-refractivity contribution in [1.82, 2.24) is 14.7 Å². The van der Waals surface area contributed by atoms with Crippen LogP contribution in [0.3, 0.4) is 0 Å². The summed E-state index contributed by atoms with van der Waals surface area (Å²) in [4.78, 5) is 2.39. The van der Waals surface area contributed by atoms with Crippen LogP contribution in [0.1, 0.15) is 25.0 Å². The molecule has 0 saturated heterocycles. The summed E-state index contributed by atoms with van der Waals surface area (Å²) < 4.78 is 1.96. The molecule has 0 amide bonds.